The smallest absolute Gasteiger partial charge is 0.309 e. The first-order chi connectivity index (χ1) is 13.2. The van der Waals surface area contributed by atoms with Crippen molar-refractivity contribution in [3.8, 4) is 0 Å². The van der Waals surface area contributed by atoms with E-state index >= 15 is 0 Å². The molecule has 0 unspecified atom stereocenters. The lowest BCUT2D eigenvalue weighted by molar-refractivity contribution is -0.464. The van der Waals surface area contributed by atoms with Gasteiger partial charge in [-0.3, -0.25) is 4.79 Å². The SMILES string of the molecule is CO[C@@]1(C)O[C@@H]2[C@H](O)[C@@H](OCc3ccccc3)C[C@H](C(=O)O)[C@H]2O[C@]1(C)OC. The van der Waals surface area contributed by atoms with Crippen LogP contribution in [0.2, 0.25) is 0 Å². The van der Waals surface area contributed by atoms with E-state index in [9.17, 15) is 15.0 Å². The third-order valence-corrected chi connectivity index (χ3v) is 5.87. The van der Waals surface area contributed by atoms with Crippen LogP contribution in [0, 0.1) is 5.92 Å². The van der Waals surface area contributed by atoms with Gasteiger partial charge < -0.3 is 33.9 Å². The highest BCUT2D eigenvalue weighted by Crippen LogP contribution is 2.45. The van der Waals surface area contributed by atoms with Gasteiger partial charge in [0.2, 0.25) is 11.6 Å². The van der Waals surface area contributed by atoms with E-state index in [4.69, 9.17) is 23.7 Å². The molecule has 0 bridgehead atoms. The Kier molecular flexibility index (Phi) is 6.09. The Morgan fingerprint density at radius 3 is 2.21 bits per heavy atom. The molecule has 0 amide bonds. The van der Waals surface area contributed by atoms with Gasteiger partial charge in [0.05, 0.1) is 18.6 Å². The number of rotatable bonds is 6. The number of carboxylic acid groups (broad SMARTS) is 1. The molecule has 2 aliphatic rings. The van der Waals surface area contributed by atoms with Crippen molar-refractivity contribution in [1.82, 2.24) is 0 Å². The van der Waals surface area contributed by atoms with Crippen molar-refractivity contribution in [1.29, 1.82) is 0 Å². The van der Waals surface area contributed by atoms with Gasteiger partial charge in [0.15, 0.2) is 0 Å². The van der Waals surface area contributed by atoms with Crippen molar-refractivity contribution < 1.29 is 38.7 Å². The second-order valence-corrected chi connectivity index (χ2v) is 7.47. The number of ether oxygens (including phenoxy) is 5. The maximum Gasteiger partial charge on any atom is 0.309 e. The fourth-order valence-electron chi connectivity index (χ4n) is 3.83. The number of aliphatic hydroxyl groups is 1. The zero-order chi connectivity index (χ0) is 20.5. The van der Waals surface area contributed by atoms with E-state index in [0.29, 0.717) is 0 Å². The number of hydrogen-bond donors (Lipinski definition) is 2. The van der Waals surface area contributed by atoms with Gasteiger partial charge in [-0.15, -0.1) is 0 Å². The number of carboxylic acids is 1. The van der Waals surface area contributed by atoms with Crippen LogP contribution < -0.4 is 0 Å². The molecule has 1 aromatic rings. The third kappa shape index (κ3) is 3.68. The average molecular weight is 396 g/mol. The summed E-state index contributed by atoms with van der Waals surface area (Å²) < 4.78 is 28.9. The highest BCUT2D eigenvalue weighted by molar-refractivity contribution is 5.71. The first-order valence-electron chi connectivity index (χ1n) is 9.27. The highest BCUT2D eigenvalue weighted by Gasteiger charge is 2.62. The van der Waals surface area contributed by atoms with Crippen LogP contribution in [0.25, 0.3) is 0 Å². The monoisotopic (exact) mass is 396 g/mol. The molecule has 1 aromatic carbocycles. The minimum atomic E-state index is -1.34. The summed E-state index contributed by atoms with van der Waals surface area (Å²) in [7, 11) is 2.87. The first kappa shape index (κ1) is 21.2. The maximum atomic E-state index is 11.9. The highest BCUT2D eigenvalue weighted by atomic mass is 16.8. The molecule has 2 N–H and O–H groups in total. The Morgan fingerprint density at radius 2 is 1.68 bits per heavy atom. The van der Waals surface area contributed by atoms with E-state index in [1.165, 1.54) is 14.2 Å². The minimum absolute atomic E-state index is 0.0946. The zero-order valence-corrected chi connectivity index (χ0v) is 16.5. The number of aliphatic carboxylic acids is 1. The second kappa shape index (κ2) is 8.06. The summed E-state index contributed by atoms with van der Waals surface area (Å²) in [5, 5.41) is 20.6. The first-order valence-corrected chi connectivity index (χ1v) is 9.27. The molecule has 0 radical (unpaired) electrons. The molecular formula is C20H28O8. The fraction of sp³-hybridized carbons (Fsp3) is 0.650. The average Bonchev–Trinajstić information content (AvgIpc) is 2.69. The van der Waals surface area contributed by atoms with Gasteiger partial charge in [-0.25, -0.2) is 0 Å². The van der Waals surface area contributed by atoms with Crippen LogP contribution in [0.1, 0.15) is 25.8 Å². The number of hydrogen-bond acceptors (Lipinski definition) is 7. The summed E-state index contributed by atoms with van der Waals surface area (Å²) in [5.41, 5.74) is 0.929. The standard InChI is InChI=1S/C20H28O8/c1-19(24-3)20(2,25-4)28-17-15(21)14(10-13(18(22)23)16(17)27-19)26-11-12-8-6-5-7-9-12/h5-9,13-17,21H,10-11H2,1-4H3,(H,22,23)/t13-,14-,15+,16+,17+,19-,20-/m0/s1. The molecule has 3 rings (SSSR count). The molecule has 0 spiro atoms. The second-order valence-electron chi connectivity index (χ2n) is 7.47. The molecule has 1 saturated carbocycles. The number of carbonyl (C=O) groups is 1. The summed E-state index contributed by atoms with van der Waals surface area (Å²) in [4.78, 5) is 11.9. The third-order valence-electron chi connectivity index (χ3n) is 5.87. The number of benzene rings is 1. The van der Waals surface area contributed by atoms with Gasteiger partial charge in [-0.05, 0) is 25.8 Å². The molecule has 8 heteroatoms. The van der Waals surface area contributed by atoms with Crippen molar-refractivity contribution in [2.24, 2.45) is 5.92 Å². The van der Waals surface area contributed by atoms with Gasteiger partial charge in [-0.2, -0.15) is 0 Å². The van der Waals surface area contributed by atoms with Crippen LogP contribution in [0.4, 0.5) is 0 Å². The lowest BCUT2D eigenvalue weighted by atomic mass is 9.79. The number of methoxy groups -OCH3 is 2. The van der Waals surface area contributed by atoms with E-state index in [-0.39, 0.29) is 13.0 Å². The summed E-state index contributed by atoms with van der Waals surface area (Å²) in [5.74, 6) is -4.65. The van der Waals surface area contributed by atoms with Crippen LogP contribution in [-0.4, -0.2) is 66.4 Å². The van der Waals surface area contributed by atoms with Gasteiger partial charge in [0.1, 0.15) is 18.3 Å². The Hall–Kier alpha value is -1.55. The van der Waals surface area contributed by atoms with Crippen LogP contribution in [0.5, 0.6) is 0 Å². The predicted molar refractivity (Wildman–Crippen MR) is 97.3 cm³/mol. The fourth-order valence-corrected chi connectivity index (χ4v) is 3.83. The zero-order valence-electron chi connectivity index (χ0n) is 16.5. The lowest BCUT2D eigenvalue weighted by Gasteiger charge is -2.56. The Balaban J connectivity index is 1.83. The predicted octanol–water partition coefficient (Wildman–Crippen LogP) is 1.55. The van der Waals surface area contributed by atoms with Crippen LogP contribution >= 0.6 is 0 Å². The molecular weight excluding hydrogens is 368 g/mol. The van der Waals surface area contributed by atoms with E-state index < -0.39 is 47.9 Å². The molecule has 7 atom stereocenters. The molecule has 1 heterocycles. The van der Waals surface area contributed by atoms with Crippen molar-refractivity contribution in [3.63, 3.8) is 0 Å². The summed E-state index contributed by atoms with van der Waals surface area (Å²) in [6.07, 6.45) is -3.56. The number of aliphatic hydroxyl groups excluding tert-OH is 1. The summed E-state index contributed by atoms with van der Waals surface area (Å²) in [6, 6.07) is 9.48. The molecule has 1 saturated heterocycles. The molecule has 1 aliphatic carbocycles. The van der Waals surface area contributed by atoms with Crippen molar-refractivity contribution in [2.75, 3.05) is 14.2 Å². The van der Waals surface area contributed by atoms with Gasteiger partial charge in [0.25, 0.3) is 0 Å². The van der Waals surface area contributed by atoms with Crippen molar-refractivity contribution >= 4 is 5.97 Å². The lowest BCUT2D eigenvalue weighted by Crippen LogP contribution is -2.71. The van der Waals surface area contributed by atoms with E-state index in [1.807, 2.05) is 30.3 Å². The van der Waals surface area contributed by atoms with Crippen molar-refractivity contribution in [3.05, 3.63) is 35.9 Å². The molecule has 28 heavy (non-hydrogen) atoms. The maximum absolute atomic E-state index is 11.9. The van der Waals surface area contributed by atoms with Crippen molar-refractivity contribution in [2.45, 2.75) is 62.9 Å². The Labute approximate surface area is 164 Å². The quantitative estimate of drug-likeness (QED) is 0.746. The Morgan fingerprint density at radius 1 is 1.11 bits per heavy atom. The summed E-state index contributed by atoms with van der Waals surface area (Å²) >= 11 is 0. The molecule has 156 valence electrons. The van der Waals surface area contributed by atoms with E-state index in [1.54, 1.807) is 13.8 Å². The topological polar surface area (TPSA) is 104 Å². The Bertz CT molecular complexity index is 682. The van der Waals surface area contributed by atoms with E-state index in [2.05, 4.69) is 0 Å². The summed E-state index contributed by atoms with van der Waals surface area (Å²) in [6.45, 7) is 3.50. The minimum Gasteiger partial charge on any atom is -0.481 e. The van der Waals surface area contributed by atoms with Gasteiger partial charge in [-0.1, -0.05) is 30.3 Å². The largest absolute Gasteiger partial charge is 0.481 e. The van der Waals surface area contributed by atoms with Crippen LogP contribution in [0.3, 0.4) is 0 Å². The molecule has 1 aliphatic heterocycles. The molecule has 8 nitrogen and oxygen atoms in total. The van der Waals surface area contributed by atoms with Gasteiger partial charge >= 0.3 is 5.97 Å². The van der Waals surface area contributed by atoms with Crippen LogP contribution in [0.15, 0.2) is 30.3 Å². The van der Waals surface area contributed by atoms with Gasteiger partial charge in [0, 0.05) is 14.2 Å². The van der Waals surface area contributed by atoms with E-state index in [0.717, 1.165) is 5.56 Å². The molecule has 0 aromatic heterocycles. The van der Waals surface area contributed by atoms with Crippen LogP contribution in [-0.2, 0) is 35.1 Å². The normalized spacial score (nSPS) is 40.7. The molecule has 2 fully saturated rings. The number of fused-ring (bicyclic) bond motifs is 1.